The van der Waals surface area contributed by atoms with Gasteiger partial charge in [0.2, 0.25) is 5.91 Å². The van der Waals surface area contributed by atoms with Crippen molar-refractivity contribution in [1.82, 2.24) is 10.2 Å². The van der Waals surface area contributed by atoms with Crippen molar-refractivity contribution in [3.05, 3.63) is 23.7 Å². The number of aryl methyl sites for hydroxylation is 1. The second kappa shape index (κ2) is 6.12. The van der Waals surface area contributed by atoms with E-state index in [1.807, 2.05) is 6.92 Å². The van der Waals surface area contributed by atoms with E-state index < -0.39 is 0 Å². The van der Waals surface area contributed by atoms with Crippen molar-refractivity contribution in [2.45, 2.75) is 32.2 Å². The molecule has 0 spiro atoms. The van der Waals surface area contributed by atoms with Crippen molar-refractivity contribution in [2.75, 3.05) is 26.3 Å². The molecule has 5 rings (SSSR count). The number of rotatable bonds is 4. The Kier molecular flexibility index (Phi) is 3.85. The maximum absolute atomic E-state index is 13.0. The highest BCUT2D eigenvalue weighted by Crippen LogP contribution is 2.53. The Morgan fingerprint density at radius 2 is 2.04 bits per heavy atom. The monoisotopic (exact) mass is 358 g/mol. The predicted molar refractivity (Wildman–Crippen MR) is 93.4 cm³/mol. The molecule has 2 amide bonds. The number of nitrogens with one attached hydrogen (secondary N) is 1. The summed E-state index contributed by atoms with van der Waals surface area (Å²) in [6.45, 7) is 4.83. The van der Waals surface area contributed by atoms with Gasteiger partial charge in [0.25, 0.3) is 5.91 Å². The van der Waals surface area contributed by atoms with Crippen LogP contribution in [0.5, 0.6) is 0 Å². The number of ether oxygens (including phenoxy) is 1. The van der Waals surface area contributed by atoms with Gasteiger partial charge in [0, 0.05) is 31.0 Å². The number of hydrogen-bond acceptors (Lipinski definition) is 4. The normalized spacial score (nSPS) is 37.5. The molecule has 2 aliphatic heterocycles. The van der Waals surface area contributed by atoms with E-state index in [0.717, 1.165) is 38.4 Å². The van der Waals surface area contributed by atoms with Gasteiger partial charge in [-0.25, -0.2) is 0 Å². The quantitative estimate of drug-likeness (QED) is 0.891. The van der Waals surface area contributed by atoms with Gasteiger partial charge in [-0.2, -0.15) is 0 Å². The molecule has 1 aromatic heterocycles. The van der Waals surface area contributed by atoms with Gasteiger partial charge in [-0.05, 0) is 49.7 Å². The third-order valence-electron chi connectivity index (χ3n) is 6.99. The molecular formula is C20H26N2O4. The topological polar surface area (TPSA) is 71.8 Å². The van der Waals surface area contributed by atoms with Gasteiger partial charge in [-0.3, -0.25) is 9.59 Å². The average molecular weight is 358 g/mol. The minimum Gasteiger partial charge on any atom is -0.456 e. The molecule has 26 heavy (non-hydrogen) atoms. The predicted octanol–water partition coefficient (Wildman–Crippen LogP) is 1.84. The Morgan fingerprint density at radius 1 is 1.23 bits per heavy atom. The van der Waals surface area contributed by atoms with Gasteiger partial charge in [-0.1, -0.05) is 6.42 Å². The standard InChI is InChI=1S/C20H26N2O4/c1-11-5-6-17(26-11)19(23)21-7-13-12-3-2-4-16(13)22(8-12)20(24)18-14-9-25-10-15(14)18/h5-6,12-16,18H,2-4,7-10H2,1H3,(H,21,23)/t12?,13?,14-,15+,16?,18?. The molecule has 4 unspecified atom stereocenters. The number of fused-ring (bicyclic) bond motifs is 3. The molecule has 0 radical (unpaired) electrons. The molecule has 2 bridgehead atoms. The van der Waals surface area contributed by atoms with Crippen LogP contribution in [0.25, 0.3) is 0 Å². The Morgan fingerprint density at radius 3 is 2.77 bits per heavy atom. The molecule has 3 heterocycles. The molecule has 0 aromatic carbocycles. The molecule has 6 atom stereocenters. The number of amides is 2. The van der Waals surface area contributed by atoms with Crippen molar-refractivity contribution < 1.29 is 18.7 Å². The molecule has 2 aliphatic carbocycles. The summed E-state index contributed by atoms with van der Waals surface area (Å²) in [6.07, 6.45) is 3.39. The number of likely N-dealkylation sites (tertiary alicyclic amines) is 1. The second-order valence-electron chi connectivity index (χ2n) is 8.42. The van der Waals surface area contributed by atoms with E-state index in [4.69, 9.17) is 9.15 Å². The minimum absolute atomic E-state index is 0.158. The number of furan rings is 1. The summed E-state index contributed by atoms with van der Waals surface area (Å²) >= 11 is 0. The molecule has 1 aromatic rings. The summed E-state index contributed by atoms with van der Waals surface area (Å²) in [7, 11) is 0. The van der Waals surface area contributed by atoms with Crippen LogP contribution in [-0.2, 0) is 9.53 Å². The van der Waals surface area contributed by atoms with E-state index in [-0.39, 0.29) is 17.9 Å². The number of carbonyl (C=O) groups excluding carboxylic acids is 2. The lowest BCUT2D eigenvalue weighted by atomic mass is 9.79. The fourth-order valence-electron chi connectivity index (χ4n) is 5.54. The second-order valence-corrected chi connectivity index (χ2v) is 8.42. The van der Waals surface area contributed by atoms with Crippen LogP contribution < -0.4 is 5.32 Å². The van der Waals surface area contributed by atoms with Crippen LogP contribution in [0.3, 0.4) is 0 Å². The first-order valence-corrected chi connectivity index (χ1v) is 9.86. The third kappa shape index (κ3) is 2.57. The first-order valence-electron chi connectivity index (χ1n) is 9.86. The molecule has 140 valence electrons. The van der Waals surface area contributed by atoms with E-state index in [9.17, 15) is 9.59 Å². The zero-order valence-corrected chi connectivity index (χ0v) is 15.1. The summed E-state index contributed by atoms with van der Waals surface area (Å²) < 4.78 is 10.8. The summed E-state index contributed by atoms with van der Waals surface area (Å²) in [6, 6.07) is 3.79. The Balaban J connectivity index is 1.23. The number of carbonyl (C=O) groups is 2. The number of nitrogens with zero attached hydrogens (tertiary/aromatic N) is 1. The first-order chi connectivity index (χ1) is 12.6. The molecular weight excluding hydrogens is 332 g/mol. The van der Waals surface area contributed by atoms with Crippen molar-refractivity contribution >= 4 is 11.8 Å². The summed E-state index contributed by atoms with van der Waals surface area (Å²) in [5, 5.41) is 3.04. The van der Waals surface area contributed by atoms with Crippen LogP contribution in [0.15, 0.2) is 16.5 Å². The third-order valence-corrected chi connectivity index (χ3v) is 6.99. The SMILES string of the molecule is Cc1ccc(C(=O)NCC2C3CCCC2N(C(=O)C2[C@H]4COC[C@@H]24)C3)o1. The molecule has 4 aliphatic rings. The zero-order chi connectivity index (χ0) is 17.8. The van der Waals surface area contributed by atoms with Gasteiger partial charge in [0.1, 0.15) is 5.76 Å². The summed E-state index contributed by atoms with van der Waals surface area (Å²) in [5.41, 5.74) is 0. The van der Waals surface area contributed by atoms with E-state index in [1.165, 1.54) is 6.42 Å². The van der Waals surface area contributed by atoms with Crippen molar-refractivity contribution in [3.63, 3.8) is 0 Å². The summed E-state index contributed by atoms with van der Waals surface area (Å²) in [4.78, 5) is 27.5. The highest BCUT2D eigenvalue weighted by molar-refractivity contribution is 5.91. The Bertz CT molecular complexity index is 719. The van der Waals surface area contributed by atoms with Gasteiger partial charge < -0.3 is 19.4 Å². The van der Waals surface area contributed by atoms with Gasteiger partial charge >= 0.3 is 0 Å². The van der Waals surface area contributed by atoms with E-state index in [2.05, 4.69) is 10.2 Å². The number of hydrogen-bond donors (Lipinski definition) is 1. The van der Waals surface area contributed by atoms with E-state index >= 15 is 0 Å². The lowest BCUT2D eigenvalue weighted by Gasteiger charge is -2.32. The molecule has 4 fully saturated rings. The van der Waals surface area contributed by atoms with Gasteiger partial charge in [-0.15, -0.1) is 0 Å². The molecule has 2 saturated heterocycles. The lowest BCUT2D eigenvalue weighted by molar-refractivity contribution is -0.135. The summed E-state index contributed by atoms with van der Waals surface area (Å²) in [5.74, 6) is 3.28. The van der Waals surface area contributed by atoms with Crippen LogP contribution in [0, 0.1) is 36.5 Å². The fourth-order valence-corrected chi connectivity index (χ4v) is 5.54. The van der Waals surface area contributed by atoms with E-state index in [1.54, 1.807) is 12.1 Å². The Labute approximate surface area is 153 Å². The minimum atomic E-state index is -0.158. The maximum Gasteiger partial charge on any atom is 0.287 e. The fraction of sp³-hybridized carbons (Fsp3) is 0.700. The zero-order valence-electron chi connectivity index (χ0n) is 15.1. The van der Waals surface area contributed by atoms with Crippen LogP contribution in [0.1, 0.15) is 35.6 Å². The molecule has 1 N–H and O–H groups in total. The largest absolute Gasteiger partial charge is 0.456 e. The van der Waals surface area contributed by atoms with Crippen molar-refractivity contribution in [1.29, 1.82) is 0 Å². The van der Waals surface area contributed by atoms with Crippen LogP contribution >= 0.6 is 0 Å². The van der Waals surface area contributed by atoms with Crippen LogP contribution in [-0.4, -0.2) is 49.1 Å². The highest BCUT2D eigenvalue weighted by atomic mass is 16.5. The molecule has 6 heteroatoms. The highest BCUT2D eigenvalue weighted by Gasteiger charge is 2.60. The van der Waals surface area contributed by atoms with Crippen LogP contribution in [0.4, 0.5) is 0 Å². The first kappa shape index (κ1) is 16.4. The van der Waals surface area contributed by atoms with Crippen molar-refractivity contribution in [3.8, 4) is 0 Å². The molecule has 2 saturated carbocycles. The van der Waals surface area contributed by atoms with Crippen molar-refractivity contribution in [2.24, 2.45) is 29.6 Å². The van der Waals surface area contributed by atoms with Gasteiger partial charge in [0.15, 0.2) is 5.76 Å². The average Bonchev–Trinajstić information content (AvgIpc) is 2.96. The lowest BCUT2D eigenvalue weighted by Crippen LogP contribution is -2.43. The van der Waals surface area contributed by atoms with E-state index in [0.29, 0.717) is 41.9 Å². The molecule has 6 nitrogen and oxygen atoms in total. The maximum atomic E-state index is 13.0. The van der Waals surface area contributed by atoms with Crippen LogP contribution in [0.2, 0.25) is 0 Å². The smallest absolute Gasteiger partial charge is 0.287 e. The van der Waals surface area contributed by atoms with Gasteiger partial charge in [0.05, 0.1) is 13.2 Å². The Hall–Kier alpha value is -1.82.